The topological polar surface area (TPSA) is 47.6 Å². The Morgan fingerprint density at radius 2 is 1.79 bits per heavy atom. The summed E-state index contributed by atoms with van der Waals surface area (Å²) in [6, 6.07) is 3.63. The molecule has 2 amide bonds. The molecule has 128 valence electrons. The number of benzene rings is 1. The smallest absolute Gasteiger partial charge is 0.307 e. The molecule has 2 heterocycles. The zero-order valence-electron chi connectivity index (χ0n) is 14.1. The lowest BCUT2D eigenvalue weighted by molar-refractivity contribution is -0.0561. The third-order valence-corrected chi connectivity index (χ3v) is 7.12. The molecule has 4 aliphatic rings. The second-order valence-corrected chi connectivity index (χ2v) is 8.41. The zero-order chi connectivity index (χ0) is 16.3. The molecule has 5 nitrogen and oxygen atoms in total. The van der Waals surface area contributed by atoms with Gasteiger partial charge in [-0.05, 0) is 67.8 Å². The summed E-state index contributed by atoms with van der Waals surface area (Å²) in [6.45, 7) is 2.16. The summed E-state index contributed by atoms with van der Waals surface area (Å²) < 4.78 is 5.27. The van der Waals surface area contributed by atoms with E-state index in [0.29, 0.717) is 12.1 Å². The predicted octanol–water partition coefficient (Wildman–Crippen LogP) is 2.35. The van der Waals surface area contributed by atoms with Crippen molar-refractivity contribution in [3.63, 3.8) is 0 Å². The Hall–Kier alpha value is -1.24. The van der Waals surface area contributed by atoms with Gasteiger partial charge in [-0.2, -0.15) is 0 Å². The van der Waals surface area contributed by atoms with E-state index in [9.17, 15) is 4.79 Å². The fraction of sp³-hybridized carbons (Fsp3) is 0.611. The molecule has 0 spiro atoms. The quantitative estimate of drug-likeness (QED) is 0.827. The normalized spacial score (nSPS) is 27.7. The zero-order valence-corrected chi connectivity index (χ0v) is 14.9. The number of piperazine rings is 1. The largest absolute Gasteiger partial charge is 0.330 e. The number of fused-ring (bicyclic) bond motifs is 3. The number of carbonyl (C=O) groups excluding carboxylic acids is 1. The first-order chi connectivity index (χ1) is 11.7. The van der Waals surface area contributed by atoms with Gasteiger partial charge in [0.25, 0.3) is 0 Å². The fourth-order valence-corrected chi connectivity index (χ4v) is 5.57. The minimum Gasteiger partial charge on any atom is -0.307 e. The van der Waals surface area contributed by atoms with Gasteiger partial charge in [0.2, 0.25) is 0 Å². The molecule has 2 aliphatic carbocycles. The number of hydrogen-bond donors (Lipinski definition) is 2. The maximum Gasteiger partial charge on any atom is 0.330 e. The standard InChI is InChI=1S/C18H24N4OS/c1-21-9-16-15(21)10-22(16)24-20-18(23)19-17-13-6-2-4-11(13)8-12-5-3-7-14(12)17/h8,15-16H,2-7,9-10H2,1H3,(H2,19,20,23). The second-order valence-electron chi connectivity index (χ2n) is 7.56. The lowest BCUT2D eigenvalue weighted by Gasteiger charge is -2.59. The molecule has 2 unspecified atom stereocenters. The summed E-state index contributed by atoms with van der Waals surface area (Å²) in [5.41, 5.74) is 6.82. The average Bonchev–Trinajstić information content (AvgIpc) is 3.20. The number of likely N-dealkylation sites (N-methyl/N-ethyl adjacent to an activating group) is 1. The molecule has 0 bridgehead atoms. The molecule has 6 heteroatoms. The Kier molecular flexibility index (Phi) is 3.54. The predicted molar refractivity (Wildman–Crippen MR) is 97.1 cm³/mol. The molecule has 2 saturated heterocycles. The molecule has 2 fully saturated rings. The average molecular weight is 344 g/mol. The van der Waals surface area contributed by atoms with E-state index in [1.165, 1.54) is 47.2 Å². The highest BCUT2D eigenvalue weighted by atomic mass is 32.2. The maximum absolute atomic E-state index is 12.4. The van der Waals surface area contributed by atoms with E-state index in [4.69, 9.17) is 0 Å². The summed E-state index contributed by atoms with van der Waals surface area (Å²) in [4.78, 5) is 14.8. The molecular weight excluding hydrogens is 320 g/mol. The lowest BCUT2D eigenvalue weighted by Crippen LogP contribution is -2.76. The van der Waals surface area contributed by atoms with Gasteiger partial charge >= 0.3 is 6.03 Å². The van der Waals surface area contributed by atoms with Gasteiger partial charge in [-0.1, -0.05) is 6.07 Å². The third-order valence-electron chi connectivity index (χ3n) is 6.19. The van der Waals surface area contributed by atoms with Crippen LogP contribution < -0.4 is 10.0 Å². The maximum atomic E-state index is 12.4. The first kappa shape index (κ1) is 15.0. The van der Waals surface area contributed by atoms with Crippen LogP contribution >= 0.6 is 12.1 Å². The Balaban J connectivity index is 1.26. The first-order valence-corrected chi connectivity index (χ1v) is 9.85. The number of carbonyl (C=O) groups is 1. The van der Waals surface area contributed by atoms with Crippen molar-refractivity contribution in [2.45, 2.75) is 50.6 Å². The second kappa shape index (κ2) is 5.64. The van der Waals surface area contributed by atoms with E-state index < -0.39 is 0 Å². The van der Waals surface area contributed by atoms with E-state index in [-0.39, 0.29) is 6.03 Å². The van der Waals surface area contributed by atoms with Crippen LogP contribution in [-0.4, -0.2) is 47.5 Å². The number of urea groups is 1. The van der Waals surface area contributed by atoms with Crippen molar-refractivity contribution < 1.29 is 4.79 Å². The summed E-state index contributed by atoms with van der Waals surface area (Å²) >= 11 is 1.47. The molecule has 0 aromatic heterocycles. The van der Waals surface area contributed by atoms with Crippen LogP contribution in [0.15, 0.2) is 6.07 Å². The Bertz CT molecular complexity index is 674. The van der Waals surface area contributed by atoms with Gasteiger partial charge in [0.1, 0.15) is 0 Å². The summed E-state index contributed by atoms with van der Waals surface area (Å²) in [5.74, 6) is 0. The first-order valence-electron chi connectivity index (χ1n) is 9.08. The number of nitrogens with one attached hydrogen (secondary N) is 2. The minimum atomic E-state index is -0.0782. The van der Waals surface area contributed by atoms with E-state index in [0.717, 1.165) is 44.5 Å². The van der Waals surface area contributed by atoms with E-state index in [2.05, 4.69) is 32.4 Å². The summed E-state index contributed by atoms with van der Waals surface area (Å²) in [5, 5.41) is 3.19. The van der Waals surface area contributed by atoms with Crippen molar-refractivity contribution in [3.8, 4) is 0 Å². The van der Waals surface area contributed by atoms with Crippen molar-refractivity contribution in [1.29, 1.82) is 0 Å². The number of anilines is 1. The number of likely N-dealkylation sites (tertiary alicyclic amines) is 1. The van der Waals surface area contributed by atoms with E-state index in [1.54, 1.807) is 0 Å². The highest BCUT2D eigenvalue weighted by Crippen LogP contribution is 2.39. The van der Waals surface area contributed by atoms with Gasteiger partial charge < -0.3 is 5.32 Å². The number of aryl methyl sites for hydroxylation is 2. The van der Waals surface area contributed by atoms with Crippen molar-refractivity contribution in [2.75, 3.05) is 25.5 Å². The van der Waals surface area contributed by atoms with Crippen LogP contribution in [0.5, 0.6) is 0 Å². The van der Waals surface area contributed by atoms with Gasteiger partial charge in [-0.15, -0.1) is 0 Å². The van der Waals surface area contributed by atoms with Crippen LogP contribution in [0.4, 0.5) is 10.5 Å². The Labute approximate surface area is 147 Å². The van der Waals surface area contributed by atoms with Crippen LogP contribution in [0.3, 0.4) is 0 Å². The van der Waals surface area contributed by atoms with Crippen LogP contribution in [0.1, 0.15) is 35.1 Å². The van der Waals surface area contributed by atoms with Crippen molar-refractivity contribution >= 4 is 23.9 Å². The number of nitrogens with zero attached hydrogens (tertiary/aromatic N) is 2. The number of amides is 2. The molecule has 5 rings (SSSR count). The van der Waals surface area contributed by atoms with Crippen molar-refractivity contribution in [3.05, 3.63) is 28.3 Å². The highest BCUT2D eigenvalue weighted by molar-refractivity contribution is 7.95. The number of rotatable bonds is 3. The number of hydrogen-bond acceptors (Lipinski definition) is 4. The monoisotopic (exact) mass is 344 g/mol. The molecule has 0 saturated carbocycles. The molecule has 2 N–H and O–H groups in total. The Morgan fingerprint density at radius 3 is 2.38 bits per heavy atom. The Morgan fingerprint density at radius 1 is 1.08 bits per heavy atom. The summed E-state index contributed by atoms with van der Waals surface area (Å²) in [7, 11) is 2.17. The molecule has 1 aromatic carbocycles. The lowest BCUT2D eigenvalue weighted by atomic mass is 9.90. The van der Waals surface area contributed by atoms with Gasteiger partial charge in [0.15, 0.2) is 0 Å². The molecule has 1 aromatic rings. The molecule has 24 heavy (non-hydrogen) atoms. The SMILES string of the molecule is CN1CC2C1CN2SNC(=O)Nc1c2c(cc3c1CCC3)CCC2. The van der Waals surface area contributed by atoms with E-state index in [1.807, 2.05) is 0 Å². The third kappa shape index (κ3) is 2.27. The van der Waals surface area contributed by atoms with Gasteiger partial charge in [-0.25, -0.2) is 9.10 Å². The molecular formula is C18H24N4OS. The van der Waals surface area contributed by atoms with Crippen molar-refractivity contribution in [1.82, 2.24) is 13.9 Å². The molecule has 2 aliphatic heterocycles. The van der Waals surface area contributed by atoms with Crippen molar-refractivity contribution in [2.24, 2.45) is 0 Å². The highest BCUT2D eigenvalue weighted by Gasteiger charge is 2.50. The molecule has 0 radical (unpaired) electrons. The van der Waals surface area contributed by atoms with Crippen LogP contribution in [-0.2, 0) is 25.7 Å². The van der Waals surface area contributed by atoms with Crippen LogP contribution in [0.2, 0.25) is 0 Å². The van der Waals surface area contributed by atoms with Crippen LogP contribution in [0, 0.1) is 0 Å². The van der Waals surface area contributed by atoms with Gasteiger partial charge in [0, 0.05) is 37.0 Å². The van der Waals surface area contributed by atoms with Crippen LogP contribution in [0.25, 0.3) is 0 Å². The van der Waals surface area contributed by atoms with Gasteiger partial charge in [0.05, 0.1) is 6.04 Å². The molecule has 2 atom stereocenters. The van der Waals surface area contributed by atoms with Gasteiger partial charge in [-0.3, -0.25) is 9.62 Å². The minimum absolute atomic E-state index is 0.0782. The van der Waals surface area contributed by atoms with E-state index >= 15 is 0 Å². The summed E-state index contributed by atoms with van der Waals surface area (Å²) in [6.07, 6.45) is 6.97. The fourth-order valence-electron chi connectivity index (χ4n) is 4.74.